The molecule has 0 aliphatic heterocycles. The Bertz CT molecular complexity index is 661. The minimum absolute atomic E-state index is 0.265. The number of allylic oxidation sites excluding steroid dienone is 1. The third-order valence-corrected chi connectivity index (χ3v) is 8.09. The molecule has 0 amide bonds. The zero-order chi connectivity index (χ0) is 19.7. The molecule has 2 fully saturated rings. The molecule has 2 saturated carbocycles. The molecule has 3 aliphatic rings. The van der Waals surface area contributed by atoms with E-state index in [0.717, 1.165) is 0 Å². The Labute approximate surface area is 153 Å². The summed E-state index contributed by atoms with van der Waals surface area (Å²) in [7, 11) is 0. The predicted molar refractivity (Wildman–Crippen MR) is 94.9 cm³/mol. The largest absolute Gasteiger partial charge is 0.395 e. The first-order chi connectivity index (χ1) is 11.9. The quantitative estimate of drug-likeness (QED) is 0.445. The number of carbonyl (C=O) groups excluding carboxylic acids is 1. The number of fused-ring (bicyclic) bond motifs is 3. The maximum Gasteiger partial charge on any atom is 0.164 e. The second-order valence-corrected chi connectivity index (χ2v) is 9.02. The van der Waals surface area contributed by atoms with Gasteiger partial charge < -0.3 is 25.5 Å². The van der Waals surface area contributed by atoms with Crippen LogP contribution in [0.3, 0.4) is 0 Å². The first kappa shape index (κ1) is 19.7. The summed E-state index contributed by atoms with van der Waals surface area (Å²) >= 11 is 0. The standard InChI is InChI=1S/C20H30O6/c1-5-17(2)14(23)11-6-7-12-18(3,10-21)13(22)8-9-20(12,26)19(11,4)16(25)15(17)24/h5,8-9,11-12,14-16,21,23-26H,1,6-7,10H2,2-4H3/t11-,12-,14+,15-,16+,17?,18?,19-,20?/m1/s1. The molecule has 3 rings (SSSR count). The topological polar surface area (TPSA) is 118 Å². The predicted octanol–water partition coefficient (Wildman–Crippen LogP) is 0.176. The van der Waals surface area contributed by atoms with Crippen LogP contribution in [-0.2, 0) is 4.79 Å². The van der Waals surface area contributed by atoms with E-state index in [1.165, 1.54) is 18.2 Å². The summed E-state index contributed by atoms with van der Waals surface area (Å²) < 4.78 is 0. The fourth-order valence-corrected chi connectivity index (χ4v) is 5.85. The highest BCUT2D eigenvalue weighted by atomic mass is 16.3. The molecule has 0 radical (unpaired) electrons. The van der Waals surface area contributed by atoms with Gasteiger partial charge >= 0.3 is 0 Å². The Balaban J connectivity index is 2.19. The van der Waals surface area contributed by atoms with Crippen molar-refractivity contribution in [2.75, 3.05) is 6.61 Å². The van der Waals surface area contributed by atoms with Crippen molar-refractivity contribution in [2.24, 2.45) is 28.1 Å². The van der Waals surface area contributed by atoms with Gasteiger partial charge in [-0.15, -0.1) is 6.58 Å². The van der Waals surface area contributed by atoms with Crippen molar-refractivity contribution in [1.82, 2.24) is 0 Å². The van der Waals surface area contributed by atoms with Gasteiger partial charge in [-0.25, -0.2) is 0 Å². The lowest BCUT2D eigenvalue weighted by atomic mass is 9.40. The van der Waals surface area contributed by atoms with Crippen molar-refractivity contribution in [3.05, 3.63) is 24.8 Å². The minimum atomic E-state index is -1.65. The summed E-state index contributed by atoms with van der Waals surface area (Å²) in [6.07, 6.45) is 1.29. The van der Waals surface area contributed by atoms with E-state index in [2.05, 4.69) is 6.58 Å². The van der Waals surface area contributed by atoms with Crippen molar-refractivity contribution < 1.29 is 30.3 Å². The highest BCUT2D eigenvalue weighted by Gasteiger charge is 2.72. The zero-order valence-electron chi connectivity index (χ0n) is 15.6. The summed E-state index contributed by atoms with van der Waals surface area (Å²) in [5, 5.41) is 54.5. The Hall–Kier alpha value is -1.05. The van der Waals surface area contributed by atoms with Gasteiger partial charge in [0.1, 0.15) is 0 Å². The summed E-state index contributed by atoms with van der Waals surface area (Å²) in [6, 6.07) is 0. The third-order valence-electron chi connectivity index (χ3n) is 8.09. The van der Waals surface area contributed by atoms with Gasteiger partial charge in [-0.1, -0.05) is 19.9 Å². The normalized spacial score (nSPS) is 56.6. The third kappa shape index (κ3) is 1.97. The molecule has 3 unspecified atom stereocenters. The Morgan fingerprint density at radius 3 is 2.31 bits per heavy atom. The van der Waals surface area contributed by atoms with E-state index in [4.69, 9.17) is 0 Å². The number of rotatable bonds is 2. The maximum atomic E-state index is 12.4. The molecule has 0 aromatic rings. The van der Waals surface area contributed by atoms with Crippen LogP contribution in [0, 0.1) is 28.1 Å². The van der Waals surface area contributed by atoms with Gasteiger partial charge in [0.2, 0.25) is 0 Å². The van der Waals surface area contributed by atoms with Crippen LogP contribution in [0.4, 0.5) is 0 Å². The molecule has 5 N–H and O–H groups in total. The second-order valence-electron chi connectivity index (χ2n) is 9.02. The van der Waals surface area contributed by atoms with Crippen LogP contribution in [0.5, 0.6) is 0 Å². The lowest BCUT2D eigenvalue weighted by Crippen LogP contribution is -2.76. The molecule has 0 spiro atoms. The SMILES string of the molecule is C=CC1(C)[C@H](O)[C@H](O)[C@@]2(C)[C@H](CC[C@@H]3C(C)(CO)C(=O)C=CC32O)[C@@H]1O. The maximum absolute atomic E-state index is 12.4. The van der Waals surface area contributed by atoms with E-state index in [9.17, 15) is 30.3 Å². The zero-order valence-corrected chi connectivity index (χ0v) is 15.6. The number of aliphatic hydroxyl groups is 5. The molecule has 0 heterocycles. The molecule has 6 heteroatoms. The molecule has 6 nitrogen and oxygen atoms in total. The lowest BCUT2D eigenvalue weighted by molar-refractivity contribution is -0.292. The summed E-state index contributed by atoms with van der Waals surface area (Å²) in [6.45, 7) is 8.21. The fraction of sp³-hybridized carbons (Fsp3) is 0.750. The Morgan fingerprint density at radius 2 is 1.77 bits per heavy atom. The molecular formula is C20H30O6. The van der Waals surface area contributed by atoms with Crippen LogP contribution in [0.2, 0.25) is 0 Å². The number of hydrogen-bond acceptors (Lipinski definition) is 6. The molecule has 0 aromatic carbocycles. The van der Waals surface area contributed by atoms with Crippen LogP contribution in [-0.4, -0.2) is 61.8 Å². The Morgan fingerprint density at radius 1 is 1.15 bits per heavy atom. The smallest absolute Gasteiger partial charge is 0.164 e. The fourth-order valence-electron chi connectivity index (χ4n) is 5.85. The van der Waals surface area contributed by atoms with E-state index < -0.39 is 58.6 Å². The molecule has 26 heavy (non-hydrogen) atoms. The number of ketones is 1. The van der Waals surface area contributed by atoms with E-state index >= 15 is 0 Å². The highest BCUT2D eigenvalue weighted by Crippen LogP contribution is 2.64. The van der Waals surface area contributed by atoms with Crippen molar-refractivity contribution in [2.45, 2.75) is 57.5 Å². The lowest BCUT2D eigenvalue weighted by Gasteiger charge is -2.67. The van der Waals surface area contributed by atoms with Gasteiger partial charge in [0, 0.05) is 16.7 Å². The molecule has 9 atom stereocenters. The highest BCUT2D eigenvalue weighted by molar-refractivity contribution is 5.96. The van der Waals surface area contributed by atoms with E-state index in [1.807, 2.05) is 0 Å². The van der Waals surface area contributed by atoms with Crippen molar-refractivity contribution in [3.63, 3.8) is 0 Å². The first-order valence-corrected chi connectivity index (χ1v) is 9.19. The van der Waals surface area contributed by atoms with Gasteiger partial charge in [-0.05, 0) is 37.8 Å². The van der Waals surface area contributed by atoms with E-state index in [-0.39, 0.29) is 5.78 Å². The summed E-state index contributed by atoms with van der Waals surface area (Å²) in [4.78, 5) is 12.4. The monoisotopic (exact) mass is 366 g/mol. The molecule has 0 saturated heterocycles. The van der Waals surface area contributed by atoms with Gasteiger partial charge in [-0.2, -0.15) is 0 Å². The van der Waals surface area contributed by atoms with E-state index in [1.54, 1.807) is 20.8 Å². The Kier molecular flexibility index (Phi) is 4.34. The van der Waals surface area contributed by atoms with Gasteiger partial charge in [-0.3, -0.25) is 4.79 Å². The van der Waals surface area contributed by atoms with Crippen LogP contribution in [0.1, 0.15) is 33.6 Å². The van der Waals surface area contributed by atoms with E-state index in [0.29, 0.717) is 12.8 Å². The van der Waals surface area contributed by atoms with Crippen molar-refractivity contribution >= 4 is 5.78 Å². The van der Waals surface area contributed by atoms with Crippen molar-refractivity contribution in [1.29, 1.82) is 0 Å². The van der Waals surface area contributed by atoms with Crippen LogP contribution in [0.15, 0.2) is 24.8 Å². The molecule has 146 valence electrons. The van der Waals surface area contributed by atoms with Crippen LogP contribution >= 0.6 is 0 Å². The number of aliphatic hydroxyl groups excluding tert-OH is 4. The average molecular weight is 366 g/mol. The summed E-state index contributed by atoms with van der Waals surface area (Å²) in [5.41, 5.74) is -5.22. The van der Waals surface area contributed by atoms with Crippen LogP contribution < -0.4 is 0 Å². The van der Waals surface area contributed by atoms with Gasteiger partial charge in [0.05, 0.1) is 35.9 Å². The first-order valence-electron chi connectivity index (χ1n) is 9.19. The van der Waals surface area contributed by atoms with Crippen molar-refractivity contribution in [3.8, 4) is 0 Å². The second kappa shape index (κ2) is 5.72. The molecule has 0 aromatic heterocycles. The van der Waals surface area contributed by atoms with Crippen LogP contribution in [0.25, 0.3) is 0 Å². The molecule has 0 bridgehead atoms. The molecule has 3 aliphatic carbocycles. The number of hydrogen-bond donors (Lipinski definition) is 5. The van der Waals surface area contributed by atoms with Gasteiger partial charge in [0.25, 0.3) is 0 Å². The van der Waals surface area contributed by atoms with Gasteiger partial charge in [0.15, 0.2) is 5.78 Å². The number of carbonyl (C=O) groups is 1. The minimum Gasteiger partial charge on any atom is -0.395 e. The molecular weight excluding hydrogens is 336 g/mol. The average Bonchev–Trinajstić information content (AvgIpc) is 2.63. The summed E-state index contributed by atoms with van der Waals surface area (Å²) in [5.74, 6) is -1.40.